The fraction of sp³-hybridized carbons (Fsp3) is 0.536. The van der Waals surface area contributed by atoms with Crippen LogP contribution < -0.4 is 9.80 Å². The molecule has 0 radical (unpaired) electrons. The summed E-state index contributed by atoms with van der Waals surface area (Å²) in [7, 11) is 1.36. The molecule has 3 aromatic rings. The molecule has 1 unspecified atom stereocenters. The highest BCUT2D eigenvalue weighted by atomic mass is 19.4. The normalized spacial score (nSPS) is 20.3. The van der Waals surface area contributed by atoms with E-state index in [1.807, 2.05) is 0 Å². The zero-order chi connectivity index (χ0) is 33.4. The van der Waals surface area contributed by atoms with Crippen LogP contribution in [0.15, 0.2) is 36.4 Å². The lowest BCUT2D eigenvalue weighted by Gasteiger charge is -2.38. The molecular weight excluding hydrogens is 626 g/mol. The summed E-state index contributed by atoms with van der Waals surface area (Å²) in [6.45, 7) is 0.616. The van der Waals surface area contributed by atoms with Gasteiger partial charge in [-0.25, -0.2) is 4.39 Å². The van der Waals surface area contributed by atoms with E-state index in [0.717, 1.165) is 26.7 Å². The Labute approximate surface area is 251 Å². The molecule has 0 spiro atoms. The van der Waals surface area contributed by atoms with Gasteiger partial charge in [-0.15, -0.1) is 5.10 Å². The highest BCUT2D eigenvalue weighted by molar-refractivity contribution is 5.41. The van der Waals surface area contributed by atoms with Gasteiger partial charge in [0, 0.05) is 37.9 Å². The minimum Gasteiger partial charge on any atom is -0.393 e. The van der Waals surface area contributed by atoms with E-state index in [1.54, 1.807) is 6.92 Å². The Bertz CT molecular complexity index is 1430. The number of halogens is 10. The van der Waals surface area contributed by atoms with Crippen LogP contribution in [0.2, 0.25) is 0 Å². The molecule has 0 bridgehead atoms. The van der Waals surface area contributed by atoms with Crippen molar-refractivity contribution in [2.45, 2.75) is 69.5 Å². The van der Waals surface area contributed by atoms with Gasteiger partial charge in [0.05, 0.1) is 43.4 Å². The molecule has 1 fully saturated rings. The minimum atomic E-state index is -5.11. The summed E-state index contributed by atoms with van der Waals surface area (Å²) in [5.41, 5.74) is -5.80. The van der Waals surface area contributed by atoms with Crippen molar-refractivity contribution in [3.63, 3.8) is 0 Å². The average molecular weight is 658 g/mol. The first-order valence-electron chi connectivity index (χ1n) is 13.9. The van der Waals surface area contributed by atoms with Gasteiger partial charge in [0.25, 0.3) is 5.95 Å². The lowest BCUT2D eigenvalue weighted by molar-refractivity contribution is -0.938. The molecule has 248 valence electrons. The lowest BCUT2D eigenvalue weighted by Crippen LogP contribution is -3.13. The van der Waals surface area contributed by atoms with Crippen molar-refractivity contribution in [1.82, 2.24) is 20.2 Å². The van der Waals surface area contributed by atoms with Crippen molar-refractivity contribution >= 4 is 5.95 Å². The summed E-state index contributed by atoms with van der Waals surface area (Å²) in [5.74, 6) is -0.240. The molecule has 2 aromatic carbocycles. The fourth-order valence-electron chi connectivity index (χ4n) is 5.65. The molecule has 7 nitrogen and oxygen atoms in total. The maximum atomic E-state index is 14.7. The molecule has 1 saturated heterocycles. The zero-order valence-corrected chi connectivity index (χ0v) is 24.2. The molecule has 17 heteroatoms. The largest absolute Gasteiger partial charge is 0.416 e. The Kier molecular flexibility index (Phi) is 9.73. The SMILES string of the molecule is CCC(c1ccc(C(F)(F)F)cc1CN(Cc1cc(C(F)(F)F)cc(C(F)(F)F)c1)c1nnn(C)n1)[NH+]1CCC(F)(CO)CC1. The van der Waals surface area contributed by atoms with E-state index in [2.05, 4.69) is 15.4 Å². The molecular formula is C28H31F10N6O+. The molecule has 2 heterocycles. The van der Waals surface area contributed by atoms with E-state index in [1.165, 1.54) is 13.1 Å². The number of aliphatic hydroxyl groups is 1. The van der Waals surface area contributed by atoms with Gasteiger partial charge in [-0.2, -0.15) is 44.3 Å². The molecule has 1 aromatic heterocycles. The number of anilines is 1. The van der Waals surface area contributed by atoms with Crippen molar-refractivity contribution < 1.29 is 53.9 Å². The van der Waals surface area contributed by atoms with Gasteiger partial charge in [-0.1, -0.05) is 18.1 Å². The zero-order valence-electron chi connectivity index (χ0n) is 24.2. The number of nitrogens with one attached hydrogen (secondary N) is 1. The molecule has 0 saturated carbocycles. The molecule has 4 rings (SSSR count). The van der Waals surface area contributed by atoms with Gasteiger partial charge in [0.1, 0.15) is 11.7 Å². The Hall–Kier alpha value is -3.47. The predicted octanol–water partition coefficient (Wildman–Crippen LogP) is 5.30. The number of likely N-dealkylation sites (tertiary alicyclic amines) is 1. The second kappa shape index (κ2) is 12.7. The van der Waals surface area contributed by atoms with E-state index in [0.29, 0.717) is 24.1 Å². The van der Waals surface area contributed by atoms with Gasteiger partial charge < -0.3 is 14.9 Å². The monoisotopic (exact) mass is 657 g/mol. The molecule has 1 aliphatic rings. The Balaban J connectivity index is 1.79. The van der Waals surface area contributed by atoms with Crippen LogP contribution >= 0.6 is 0 Å². The second-order valence-electron chi connectivity index (χ2n) is 11.2. The number of quaternary nitrogens is 1. The number of aliphatic hydroxyl groups excluding tert-OH is 1. The third-order valence-corrected chi connectivity index (χ3v) is 7.98. The summed E-state index contributed by atoms with van der Waals surface area (Å²) < 4.78 is 138. The van der Waals surface area contributed by atoms with Crippen LogP contribution in [-0.4, -0.2) is 50.7 Å². The minimum absolute atomic E-state index is 0.0184. The van der Waals surface area contributed by atoms with E-state index in [4.69, 9.17) is 0 Å². The smallest absolute Gasteiger partial charge is 0.393 e. The Morgan fingerprint density at radius 2 is 1.47 bits per heavy atom. The van der Waals surface area contributed by atoms with Crippen LogP contribution in [0.4, 0.5) is 49.9 Å². The first-order valence-corrected chi connectivity index (χ1v) is 13.9. The standard InChI is InChI=1S/C28H30F10N6O/c1-3-23(43-8-6-25(29,16-45)7-9-43)22-5-4-19(26(30,31)32)12-18(22)15-44(24-39-41-42(2)40-24)14-17-10-20(27(33,34)35)13-21(11-17)28(36,37)38/h4-5,10-13,23,45H,3,6-9,14-16H2,1-2H3/p+1. The van der Waals surface area contributed by atoms with Crippen molar-refractivity contribution in [3.05, 3.63) is 69.8 Å². The van der Waals surface area contributed by atoms with Crippen LogP contribution in [0.3, 0.4) is 0 Å². The molecule has 2 N–H and O–H groups in total. The number of piperidine rings is 1. The van der Waals surface area contributed by atoms with E-state index < -0.39 is 72.2 Å². The van der Waals surface area contributed by atoms with Crippen molar-refractivity contribution in [2.75, 3.05) is 24.6 Å². The summed E-state index contributed by atoms with van der Waals surface area (Å²) in [6, 6.07) is 3.67. The highest BCUT2D eigenvalue weighted by Gasteiger charge is 2.40. The summed E-state index contributed by atoms with van der Waals surface area (Å²) in [5, 5.41) is 20.9. The number of hydrogen-bond donors (Lipinski definition) is 2. The van der Waals surface area contributed by atoms with Gasteiger partial charge in [-0.05, 0) is 46.7 Å². The third kappa shape index (κ3) is 8.23. The predicted molar refractivity (Wildman–Crippen MR) is 140 cm³/mol. The van der Waals surface area contributed by atoms with Crippen LogP contribution in [0, 0.1) is 0 Å². The number of tetrazole rings is 1. The third-order valence-electron chi connectivity index (χ3n) is 7.98. The van der Waals surface area contributed by atoms with E-state index in [-0.39, 0.29) is 43.5 Å². The fourth-order valence-corrected chi connectivity index (χ4v) is 5.65. The van der Waals surface area contributed by atoms with Crippen LogP contribution in [-0.2, 0) is 38.7 Å². The topological polar surface area (TPSA) is 71.5 Å². The number of benzene rings is 2. The maximum absolute atomic E-state index is 14.7. The second-order valence-corrected chi connectivity index (χ2v) is 11.2. The number of aromatic nitrogens is 4. The Morgan fingerprint density at radius 1 is 0.889 bits per heavy atom. The van der Waals surface area contributed by atoms with E-state index in [9.17, 15) is 49.0 Å². The van der Waals surface area contributed by atoms with Crippen molar-refractivity contribution in [1.29, 1.82) is 0 Å². The van der Waals surface area contributed by atoms with Crippen LogP contribution in [0.5, 0.6) is 0 Å². The summed E-state index contributed by atoms with van der Waals surface area (Å²) in [4.78, 5) is 3.00. The molecule has 1 aliphatic heterocycles. The Morgan fingerprint density at radius 3 is 1.93 bits per heavy atom. The van der Waals surface area contributed by atoms with E-state index >= 15 is 0 Å². The average Bonchev–Trinajstić information content (AvgIpc) is 3.39. The first-order chi connectivity index (χ1) is 20.8. The van der Waals surface area contributed by atoms with Gasteiger partial charge in [0.2, 0.25) is 0 Å². The molecule has 0 aliphatic carbocycles. The van der Waals surface area contributed by atoms with Crippen molar-refractivity contribution in [2.24, 2.45) is 7.05 Å². The quantitative estimate of drug-likeness (QED) is 0.306. The maximum Gasteiger partial charge on any atom is 0.416 e. The van der Waals surface area contributed by atoms with Crippen LogP contribution in [0.1, 0.15) is 65.6 Å². The van der Waals surface area contributed by atoms with Gasteiger partial charge in [0.15, 0.2) is 0 Å². The van der Waals surface area contributed by atoms with Crippen molar-refractivity contribution in [3.8, 4) is 0 Å². The summed E-state index contributed by atoms with van der Waals surface area (Å²) in [6.07, 6.45) is -14.5. The highest BCUT2D eigenvalue weighted by Crippen LogP contribution is 2.38. The number of aryl methyl sites for hydroxylation is 1. The number of nitrogens with zero attached hydrogens (tertiary/aromatic N) is 5. The van der Waals surface area contributed by atoms with Crippen LogP contribution in [0.25, 0.3) is 0 Å². The van der Waals surface area contributed by atoms with Gasteiger partial charge in [-0.3, -0.25) is 0 Å². The molecule has 45 heavy (non-hydrogen) atoms. The van der Waals surface area contributed by atoms with Gasteiger partial charge >= 0.3 is 18.5 Å². The number of rotatable bonds is 9. The molecule has 0 amide bonds. The molecule has 1 atom stereocenters. The number of hydrogen-bond acceptors (Lipinski definition) is 5. The number of alkyl halides is 10. The lowest BCUT2D eigenvalue weighted by atomic mass is 9.89. The first kappa shape index (κ1) is 34.4. The summed E-state index contributed by atoms with van der Waals surface area (Å²) >= 11 is 0.